The summed E-state index contributed by atoms with van der Waals surface area (Å²) in [5.74, 6) is 0.799. The first-order chi connectivity index (χ1) is 6.48. The van der Waals surface area contributed by atoms with Crippen molar-refractivity contribution in [2.75, 3.05) is 0 Å². The second-order valence-corrected chi connectivity index (χ2v) is 5.23. The lowest BCUT2D eigenvalue weighted by atomic mass is 9.92. The summed E-state index contributed by atoms with van der Waals surface area (Å²) in [5, 5.41) is 0. The molecule has 2 rings (SSSR count). The smallest absolute Gasteiger partial charge is 0.174 e. The average Bonchev–Trinajstić information content (AvgIpc) is 2.47. The number of hydrogen-bond acceptors (Lipinski definition) is 4. The molecule has 4 heteroatoms. The Kier molecular flexibility index (Phi) is 2.03. The number of nitrogens with zero attached hydrogens (tertiary/aromatic N) is 3. The number of aryl methyl sites for hydroxylation is 1. The van der Waals surface area contributed by atoms with Crippen LogP contribution in [0.1, 0.15) is 32.3 Å². The van der Waals surface area contributed by atoms with Crippen LogP contribution in [0.4, 0.5) is 0 Å². The summed E-state index contributed by atoms with van der Waals surface area (Å²) in [6, 6.07) is 0. The normalized spacial score (nSPS) is 12.3. The highest BCUT2D eigenvalue weighted by Gasteiger charge is 2.21. The van der Waals surface area contributed by atoms with Gasteiger partial charge in [0.15, 0.2) is 5.65 Å². The minimum Gasteiger partial charge on any atom is -0.236 e. The molecule has 0 radical (unpaired) electrons. The quantitative estimate of drug-likeness (QED) is 0.666. The van der Waals surface area contributed by atoms with E-state index in [1.54, 1.807) is 11.3 Å². The Hall–Kier alpha value is -1.03. The van der Waals surface area contributed by atoms with Crippen molar-refractivity contribution >= 4 is 21.7 Å². The summed E-state index contributed by atoms with van der Waals surface area (Å²) in [6.45, 7) is 8.39. The van der Waals surface area contributed by atoms with Crippen LogP contribution in [0, 0.1) is 6.92 Å². The molecule has 0 N–H and O–H groups in total. The van der Waals surface area contributed by atoms with Gasteiger partial charge in [0.1, 0.15) is 5.82 Å². The second-order valence-electron chi connectivity index (χ2n) is 4.37. The van der Waals surface area contributed by atoms with Crippen LogP contribution in [-0.4, -0.2) is 15.0 Å². The lowest BCUT2D eigenvalue weighted by Crippen LogP contribution is -2.14. The average molecular weight is 207 g/mol. The first-order valence-corrected chi connectivity index (χ1v) is 5.45. The molecular weight excluding hydrogens is 194 g/mol. The molecule has 0 amide bonds. The van der Waals surface area contributed by atoms with Crippen LogP contribution in [0.2, 0.25) is 0 Å². The molecule has 2 aromatic heterocycles. The first kappa shape index (κ1) is 9.52. The third-order valence-electron chi connectivity index (χ3n) is 2.02. The molecule has 2 heterocycles. The molecule has 0 aliphatic carbocycles. The van der Waals surface area contributed by atoms with Gasteiger partial charge in [-0.2, -0.15) is 0 Å². The fourth-order valence-electron chi connectivity index (χ4n) is 1.38. The van der Waals surface area contributed by atoms with Gasteiger partial charge >= 0.3 is 0 Å². The third-order valence-corrected chi connectivity index (χ3v) is 2.84. The molecule has 0 unspecified atom stereocenters. The highest BCUT2D eigenvalue weighted by molar-refractivity contribution is 7.16. The largest absolute Gasteiger partial charge is 0.236 e. The van der Waals surface area contributed by atoms with Crippen molar-refractivity contribution < 1.29 is 0 Å². The van der Waals surface area contributed by atoms with E-state index >= 15 is 0 Å². The maximum atomic E-state index is 4.50. The Morgan fingerprint density at radius 1 is 1.21 bits per heavy atom. The van der Waals surface area contributed by atoms with E-state index in [1.807, 2.05) is 12.4 Å². The summed E-state index contributed by atoms with van der Waals surface area (Å²) in [6.07, 6.45) is 0. The van der Waals surface area contributed by atoms with Crippen molar-refractivity contribution in [2.45, 2.75) is 33.1 Å². The minimum absolute atomic E-state index is 0.0541. The lowest BCUT2D eigenvalue weighted by Gasteiger charge is -2.18. The molecule has 3 nitrogen and oxygen atoms in total. The molecule has 2 aromatic rings. The monoisotopic (exact) mass is 207 g/mol. The molecule has 0 spiro atoms. The molecular formula is C10H13N3S. The summed E-state index contributed by atoms with van der Waals surface area (Å²) >= 11 is 1.61. The number of rotatable bonds is 0. The topological polar surface area (TPSA) is 38.7 Å². The van der Waals surface area contributed by atoms with Crippen LogP contribution in [0.3, 0.4) is 0 Å². The number of thiazole rings is 1. The molecule has 0 aliphatic rings. The van der Waals surface area contributed by atoms with E-state index in [-0.39, 0.29) is 5.41 Å². The minimum atomic E-state index is 0.0541. The molecule has 74 valence electrons. The van der Waals surface area contributed by atoms with Crippen molar-refractivity contribution in [3.05, 3.63) is 17.0 Å². The summed E-state index contributed by atoms with van der Waals surface area (Å²) in [4.78, 5) is 13.0. The predicted octanol–water partition coefficient (Wildman–Crippen LogP) is 2.69. The maximum Gasteiger partial charge on any atom is 0.174 e. The fraction of sp³-hybridized carbons (Fsp3) is 0.500. The number of aromatic nitrogens is 3. The van der Waals surface area contributed by atoms with E-state index in [0.717, 1.165) is 21.9 Å². The Labute approximate surface area is 87.2 Å². The van der Waals surface area contributed by atoms with Crippen molar-refractivity contribution in [3.63, 3.8) is 0 Å². The van der Waals surface area contributed by atoms with Gasteiger partial charge in [0, 0.05) is 5.41 Å². The second kappa shape index (κ2) is 2.98. The van der Waals surface area contributed by atoms with E-state index in [9.17, 15) is 0 Å². The maximum absolute atomic E-state index is 4.50. The van der Waals surface area contributed by atoms with E-state index in [2.05, 4.69) is 35.7 Å². The molecule has 0 saturated carbocycles. The summed E-state index contributed by atoms with van der Waals surface area (Å²) < 4.78 is 1.11. The van der Waals surface area contributed by atoms with Crippen molar-refractivity contribution in [2.24, 2.45) is 0 Å². The van der Waals surface area contributed by atoms with Gasteiger partial charge in [-0.05, 0) is 6.92 Å². The van der Waals surface area contributed by atoms with Crippen LogP contribution in [0.15, 0.2) is 5.51 Å². The zero-order valence-corrected chi connectivity index (χ0v) is 9.64. The van der Waals surface area contributed by atoms with Gasteiger partial charge in [0.25, 0.3) is 0 Å². The predicted molar refractivity (Wildman–Crippen MR) is 58.6 cm³/mol. The Morgan fingerprint density at radius 3 is 2.57 bits per heavy atom. The van der Waals surface area contributed by atoms with E-state index < -0.39 is 0 Å². The van der Waals surface area contributed by atoms with Gasteiger partial charge in [0.05, 0.1) is 15.9 Å². The standard InChI is InChI=1S/C10H13N3S/c1-6-12-8(10(2,3)4)7-9(13-6)11-5-14-7/h5H,1-4H3. The molecule has 0 fully saturated rings. The first-order valence-electron chi connectivity index (χ1n) is 4.57. The molecule has 0 bridgehead atoms. The van der Waals surface area contributed by atoms with Gasteiger partial charge in [-0.15, -0.1) is 11.3 Å². The Bertz CT molecular complexity index is 468. The summed E-state index contributed by atoms with van der Waals surface area (Å²) in [5.41, 5.74) is 3.81. The van der Waals surface area contributed by atoms with Crippen LogP contribution in [-0.2, 0) is 5.41 Å². The summed E-state index contributed by atoms with van der Waals surface area (Å²) in [7, 11) is 0. The highest BCUT2D eigenvalue weighted by Crippen LogP contribution is 2.29. The van der Waals surface area contributed by atoms with Crippen LogP contribution in [0.25, 0.3) is 10.3 Å². The number of hydrogen-bond donors (Lipinski definition) is 0. The molecule has 0 aromatic carbocycles. The van der Waals surface area contributed by atoms with Gasteiger partial charge in [-0.3, -0.25) is 0 Å². The van der Waals surface area contributed by atoms with Crippen LogP contribution in [0.5, 0.6) is 0 Å². The zero-order valence-electron chi connectivity index (χ0n) is 8.83. The molecule has 0 atom stereocenters. The van der Waals surface area contributed by atoms with Gasteiger partial charge < -0.3 is 0 Å². The lowest BCUT2D eigenvalue weighted by molar-refractivity contribution is 0.572. The van der Waals surface area contributed by atoms with Gasteiger partial charge in [-0.1, -0.05) is 20.8 Å². The third kappa shape index (κ3) is 1.50. The van der Waals surface area contributed by atoms with E-state index in [1.165, 1.54) is 0 Å². The SMILES string of the molecule is Cc1nc(C(C)(C)C)c2scnc2n1. The van der Waals surface area contributed by atoms with E-state index in [0.29, 0.717) is 0 Å². The molecule has 0 aliphatic heterocycles. The Balaban J connectivity index is 2.80. The Morgan fingerprint density at radius 2 is 1.93 bits per heavy atom. The van der Waals surface area contributed by atoms with E-state index in [4.69, 9.17) is 0 Å². The van der Waals surface area contributed by atoms with Crippen LogP contribution >= 0.6 is 11.3 Å². The molecule has 0 saturated heterocycles. The molecule has 14 heavy (non-hydrogen) atoms. The van der Waals surface area contributed by atoms with Crippen molar-refractivity contribution in [1.29, 1.82) is 0 Å². The van der Waals surface area contributed by atoms with Crippen LogP contribution < -0.4 is 0 Å². The highest BCUT2D eigenvalue weighted by atomic mass is 32.1. The van der Waals surface area contributed by atoms with Gasteiger partial charge in [0.2, 0.25) is 0 Å². The number of fused-ring (bicyclic) bond motifs is 1. The zero-order chi connectivity index (χ0) is 10.3. The van der Waals surface area contributed by atoms with Crippen molar-refractivity contribution in [1.82, 2.24) is 15.0 Å². The van der Waals surface area contributed by atoms with Crippen molar-refractivity contribution in [3.8, 4) is 0 Å². The fourth-order valence-corrected chi connectivity index (χ4v) is 2.31. The van der Waals surface area contributed by atoms with Gasteiger partial charge in [-0.25, -0.2) is 15.0 Å².